The first-order valence-electron chi connectivity index (χ1n) is 12.4. The zero-order valence-corrected chi connectivity index (χ0v) is 21.7. The molecule has 0 amide bonds. The predicted octanol–water partition coefficient (Wildman–Crippen LogP) is 3.74. The second-order valence-electron chi connectivity index (χ2n) is 9.66. The summed E-state index contributed by atoms with van der Waals surface area (Å²) in [5.41, 5.74) is 0.882. The maximum absolute atomic E-state index is 15.0. The summed E-state index contributed by atoms with van der Waals surface area (Å²) >= 11 is 1.28. The number of hydrogen-bond donors (Lipinski definition) is 2. The number of halogens is 3. The molecule has 4 atom stereocenters. The molecule has 1 unspecified atom stereocenters. The Labute approximate surface area is 226 Å². The summed E-state index contributed by atoms with van der Waals surface area (Å²) in [6, 6.07) is 0.912. The van der Waals surface area contributed by atoms with Crippen LogP contribution in [0.15, 0.2) is 46.0 Å². The smallest absolute Gasteiger partial charge is 0.338 e. The van der Waals surface area contributed by atoms with Gasteiger partial charge in [0.1, 0.15) is 11.9 Å². The second-order valence-corrected chi connectivity index (χ2v) is 10.6. The number of alkyl halides is 2. The molecule has 2 aromatic rings. The van der Waals surface area contributed by atoms with Crippen LogP contribution in [-0.2, 0) is 14.3 Å². The van der Waals surface area contributed by atoms with Crippen LogP contribution in [0, 0.1) is 24.1 Å². The fraction of sp³-hybridized carbons (Fsp3) is 0.407. The number of benzene rings is 1. The third-order valence-corrected chi connectivity index (χ3v) is 8.07. The lowest BCUT2D eigenvalue weighted by Gasteiger charge is -2.32. The Morgan fingerprint density at radius 3 is 2.85 bits per heavy atom. The van der Waals surface area contributed by atoms with Crippen LogP contribution in [0.4, 0.5) is 13.2 Å². The number of carbonyl (C=O) groups is 2. The van der Waals surface area contributed by atoms with Gasteiger partial charge in [-0.25, -0.2) is 22.9 Å². The summed E-state index contributed by atoms with van der Waals surface area (Å²) in [7, 11) is 0. The first kappa shape index (κ1) is 26.9. The van der Waals surface area contributed by atoms with Gasteiger partial charge in [-0.05, 0) is 37.0 Å². The van der Waals surface area contributed by atoms with E-state index in [2.05, 4.69) is 16.2 Å². The molecule has 2 saturated heterocycles. The van der Waals surface area contributed by atoms with Crippen molar-refractivity contribution >= 4 is 29.1 Å². The average molecular weight is 559 g/mol. The molecule has 1 aromatic heterocycles. The number of nitrogens with zero attached hydrogens (tertiary/aromatic N) is 3. The van der Waals surface area contributed by atoms with Gasteiger partial charge in [0.25, 0.3) is 5.92 Å². The van der Waals surface area contributed by atoms with Crippen molar-refractivity contribution in [3.8, 4) is 12.3 Å². The minimum atomic E-state index is -3.08. The fourth-order valence-electron chi connectivity index (χ4n) is 5.90. The molecule has 3 aliphatic rings. The van der Waals surface area contributed by atoms with Crippen LogP contribution in [0.25, 0.3) is 0 Å². The number of fused-ring (bicyclic) bond motifs is 2. The number of carboxylic acid groups (broad SMARTS) is 1. The zero-order valence-electron chi connectivity index (χ0n) is 20.9. The highest BCUT2D eigenvalue weighted by Crippen LogP contribution is 2.52. The molecule has 204 valence electrons. The first-order valence-corrected chi connectivity index (χ1v) is 13.3. The van der Waals surface area contributed by atoms with Crippen LogP contribution in [0.5, 0.6) is 0 Å². The number of nitrogens with one attached hydrogen (secondary N) is 1. The van der Waals surface area contributed by atoms with E-state index in [0.29, 0.717) is 22.8 Å². The number of rotatable bonds is 8. The highest BCUT2D eigenvalue weighted by atomic mass is 32.1. The van der Waals surface area contributed by atoms with Gasteiger partial charge < -0.3 is 15.2 Å². The van der Waals surface area contributed by atoms with Gasteiger partial charge in [0.2, 0.25) is 0 Å². The van der Waals surface area contributed by atoms with Gasteiger partial charge in [0.15, 0.2) is 10.8 Å². The molecule has 0 radical (unpaired) electrons. The van der Waals surface area contributed by atoms with E-state index < -0.39 is 54.1 Å². The van der Waals surface area contributed by atoms with Gasteiger partial charge in [-0.1, -0.05) is 12.0 Å². The summed E-state index contributed by atoms with van der Waals surface area (Å²) in [6.45, 7) is 1.57. The second kappa shape index (κ2) is 10.5. The highest BCUT2D eigenvalue weighted by molar-refractivity contribution is 7.11. The number of ether oxygens (including phenoxy) is 1. The Hall–Kier alpha value is -3.69. The molecular formula is C27H25F3N4O4S. The molecular weight excluding hydrogens is 533 g/mol. The lowest BCUT2D eigenvalue weighted by Crippen LogP contribution is -2.45. The molecule has 12 heteroatoms. The van der Waals surface area contributed by atoms with Gasteiger partial charge in [-0.15, -0.1) is 17.8 Å². The van der Waals surface area contributed by atoms with Crippen molar-refractivity contribution in [3.63, 3.8) is 0 Å². The molecule has 0 spiro atoms. The van der Waals surface area contributed by atoms with E-state index in [1.165, 1.54) is 23.5 Å². The van der Waals surface area contributed by atoms with E-state index in [0.717, 1.165) is 6.07 Å². The van der Waals surface area contributed by atoms with Crippen molar-refractivity contribution in [3.05, 3.63) is 63.0 Å². The van der Waals surface area contributed by atoms with E-state index in [-0.39, 0.29) is 36.4 Å². The number of aliphatic imine (C=N–C) groups is 1. The van der Waals surface area contributed by atoms with Gasteiger partial charge in [-0.3, -0.25) is 14.7 Å². The minimum absolute atomic E-state index is 0.0462. The quantitative estimate of drug-likeness (QED) is 0.376. The summed E-state index contributed by atoms with van der Waals surface area (Å²) < 4.78 is 49.5. The third kappa shape index (κ3) is 5.04. The molecule has 4 heterocycles. The maximum atomic E-state index is 15.0. The predicted molar refractivity (Wildman–Crippen MR) is 137 cm³/mol. The standard InChI is InChI=1S/C27H25F3N4O4S/c1-3-14-9-16(28)5-6-18(14)22-21(26(37)38-4-2)19(32-24(33-22)25-31-7-8-39-25)13-34-17-10-15(11-20(35)36)23(34)27(29,30)12-17/h1,5-9,15,17,22-23H,4,10-13H2,2H3,(H,32,33)(H,35,36)/t15-,17-,22?,23+/m1/s1. The number of aromatic nitrogens is 1. The Kier molecular flexibility index (Phi) is 7.22. The number of aliphatic carboxylic acids is 1. The van der Waals surface area contributed by atoms with Crippen molar-refractivity contribution in [2.24, 2.45) is 10.9 Å². The van der Waals surface area contributed by atoms with Crippen LogP contribution < -0.4 is 5.32 Å². The summed E-state index contributed by atoms with van der Waals surface area (Å²) in [6.07, 6.45) is 6.78. The van der Waals surface area contributed by atoms with Crippen molar-refractivity contribution in [1.82, 2.24) is 15.2 Å². The number of carbonyl (C=O) groups excluding carboxylic acids is 1. The fourth-order valence-corrected chi connectivity index (χ4v) is 6.49. The third-order valence-electron chi connectivity index (χ3n) is 7.29. The van der Waals surface area contributed by atoms with Crippen molar-refractivity contribution in [2.75, 3.05) is 13.2 Å². The summed E-state index contributed by atoms with van der Waals surface area (Å²) in [5, 5.41) is 14.7. The molecule has 39 heavy (non-hydrogen) atoms. The number of terminal acetylenes is 1. The molecule has 1 aromatic carbocycles. The average Bonchev–Trinajstić information content (AvgIpc) is 3.57. The largest absolute Gasteiger partial charge is 0.481 e. The highest BCUT2D eigenvalue weighted by Gasteiger charge is 2.62. The molecule has 8 nitrogen and oxygen atoms in total. The van der Waals surface area contributed by atoms with E-state index in [1.807, 2.05) is 0 Å². The molecule has 2 fully saturated rings. The van der Waals surface area contributed by atoms with Crippen molar-refractivity contribution in [2.45, 2.75) is 50.2 Å². The number of esters is 1. The van der Waals surface area contributed by atoms with Crippen LogP contribution in [0.1, 0.15) is 48.4 Å². The van der Waals surface area contributed by atoms with E-state index in [1.54, 1.807) is 23.4 Å². The Morgan fingerprint density at radius 2 is 2.18 bits per heavy atom. The zero-order chi connectivity index (χ0) is 27.9. The van der Waals surface area contributed by atoms with Gasteiger partial charge in [0.05, 0.1) is 18.2 Å². The number of carboxylic acids is 1. The Morgan fingerprint density at radius 1 is 1.38 bits per heavy atom. The van der Waals surface area contributed by atoms with Crippen LogP contribution in [0.2, 0.25) is 0 Å². The molecule has 2 N–H and O–H groups in total. The minimum Gasteiger partial charge on any atom is -0.481 e. The molecule has 2 bridgehead atoms. The maximum Gasteiger partial charge on any atom is 0.338 e. The number of thiazole rings is 1. The van der Waals surface area contributed by atoms with Crippen LogP contribution in [-0.4, -0.2) is 63.9 Å². The molecule has 0 saturated carbocycles. The summed E-state index contributed by atoms with van der Waals surface area (Å²) in [5.74, 6) is -3.50. The first-order chi connectivity index (χ1) is 18.6. The lowest BCUT2D eigenvalue weighted by molar-refractivity contribution is -0.140. The molecule has 0 aliphatic carbocycles. The Bertz CT molecular complexity index is 1400. The molecule has 5 rings (SSSR count). The Balaban J connectivity index is 1.62. The topological polar surface area (TPSA) is 104 Å². The van der Waals surface area contributed by atoms with E-state index in [4.69, 9.17) is 16.2 Å². The SMILES string of the molecule is C#Cc1cc(F)ccc1C1N=C(c2nccs2)NC(CN2[C@@H]3C[C@H](CC(=O)O)[C@H]2C(F)(F)C3)=C1C(=O)OCC. The van der Waals surface area contributed by atoms with Gasteiger partial charge in [-0.2, -0.15) is 0 Å². The number of hydrogen-bond acceptors (Lipinski definition) is 8. The van der Waals surface area contributed by atoms with Crippen LogP contribution >= 0.6 is 11.3 Å². The van der Waals surface area contributed by atoms with Gasteiger partial charge in [0, 0.05) is 48.3 Å². The van der Waals surface area contributed by atoms with E-state index >= 15 is 8.78 Å². The normalized spacial score (nSPS) is 25.7. The number of amidine groups is 1. The summed E-state index contributed by atoms with van der Waals surface area (Å²) in [4.78, 5) is 35.3. The monoisotopic (exact) mass is 558 g/mol. The van der Waals surface area contributed by atoms with Gasteiger partial charge >= 0.3 is 11.9 Å². The molecule has 3 aliphatic heterocycles. The lowest BCUT2D eigenvalue weighted by atomic mass is 9.84. The van der Waals surface area contributed by atoms with E-state index in [9.17, 15) is 19.1 Å². The van der Waals surface area contributed by atoms with Crippen molar-refractivity contribution < 1.29 is 32.6 Å². The van der Waals surface area contributed by atoms with Crippen molar-refractivity contribution in [1.29, 1.82) is 0 Å². The van der Waals surface area contributed by atoms with Crippen LogP contribution in [0.3, 0.4) is 0 Å².